The highest BCUT2D eigenvalue weighted by Gasteiger charge is 2.19. The van der Waals surface area contributed by atoms with Gasteiger partial charge in [0.05, 0.1) is 5.69 Å². The van der Waals surface area contributed by atoms with E-state index in [1.54, 1.807) is 41.0 Å². The van der Waals surface area contributed by atoms with Crippen molar-refractivity contribution >= 4 is 28.6 Å². The molecule has 0 aliphatic rings. The quantitative estimate of drug-likeness (QED) is 0.496. The summed E-state index contributed by atoms with van der Waals surface area (Å²) in [6.07, 6.45) is 2.12. The maximum atomic E-state index is 13.5. The first-order chi connectivity index (χ1) is 13.8. The number of nitrogens with zero attached hydrogens (tertiary/aromatic N) is 1. The van der Waals surface area contributed by atoms with E-state index in [1.165, 1.54) is 24.3 Å². The molecule has 29 heavy (non-hydrogen) atoms. The summed E-state index contributed by atoms with van der Waals surface area (Å²) in [6, 6.07) is 12.6. The van der Waals surface area contributed by atoms with Gasteiger partial charge in [-0.05, 0) is 67.3 Å². The first kappa shape index (κ1) is 20.2. The molecule has 0 radical (unpaired) electrons. The lowest BCUT2D eigenvalue weighted by Crippen LogP contribution is -2.25. The Morgan fingerprint density at radius 2 is 1.69 bits per heavy atom. The molecule has 5 nitrogen and oxygen atoms in total. The molecule has 0 aliphatic heterocycles. The first-order valence-electron chi connectivity index (χ1n) is 9.15. The molecule has 3 aromatic rings. The fourth-order valence-electron chi connectivity index (χ4n) is 3.34. The predicted octanol–water partition coefficient (Wildman–Crippen LogP) is 4.45. The van der Waals surface area contributed by atoms with E-state index in [-0.39, 0.29) is 11.6 Å². The van der Waals surface area contributed by atoms with Crippen LogP contribution in [0.5, 0.6) is 0 Å². The molecule has 0 bridgehead atoms. The number of fused-ring (bicyclic) bond motifs is 1. The van der Waals surface area contributed by atoms with Gasteiger partial charge in [-0.2, -0.15) is 0 Å². The number of carboxylic acid groups (broad SMARTS) is 1. The Balaban J connectivity index is 2.38. The van der Waals surface area contributed by atoms with Crippen molar-refractivity contribution in [2.75, 3.05) is 0 Å². The molecule has 3 rings (SSSR count). The van der Waals surface area contributed by atoms with Gasteiger partial charge in [0.15, 0.2) is 5.78 Å². The van der Waals surface area contributed by atoms with Crippen LogP contribution in [-0.2, 0) is 9.59 Å². The molecular weight excluding hydrogens is 373 g/mol. The zero-order valence-electron chi connectivity index (χ0n) is 16.1. The topological polar surface area (TPSA) is 76.4 Å². The molecule has 0 atom stereocenters. The predicted molar refractivity (Wildman–Crippen MR) is 110 cm³/mol. The van der Waals surface area contributed by atoms with Crippen LogP contribution in [0.3, 0.4) is 0 Å². The van der Waals surface area contributed by atoms with E-state index in [4.69, 9.17) is 5.11 Å². The minimum atomic E-state index is -1.21. The average molecular weight is 393 g/mol. The third-order valence-electron chi connectivity index (χ3n) is 4.56. The third-order valence-corrected chi connectivity index (χ3v) is 4.56. The van der Waals surface area contributed by atoms with E-state index in [1.807, 2.05) is 13.8 Å². The second-order valence-corrected chi connectivity index (χ2v) is 6.95. The van der Waals surface area contributed by atoms with Gasteiger partial charge in [-0.1, -0.05) is 18.2 Å². The standard InChI is InChI=1S/C23H20FNO4/c1-14(2)25-22(15-7-9-16(24)10-8-15)19(12-11-17(26)13-21(27)28)18-5-3-4-6-20(18)23(25)29/h3-12,14H,13H2,1-2H3,(H,27,28)/b12-11+. The molecule has 0 aliphatic carbocycles. The summed E-state index contributed by atoms with van der Waals surface area (Å²) in [5.41, 5.74) is 1.57. The van der Waals surface area contributed by atoms with Gasteiger partial charge in [-0.3, -0.25) is 14.4 Å². The first-order valence-corrected chi connectivity index (χ1v) is 9.15. The van der Waals surface area contributed by atoms with Crippen LogP contribution in [0.15, 0.2) is 59.4 Å². The fourth-order valence-corrected chi connectivity index (χ4v) is 3.34. The molecule has 0 spiro atoms. The van der Waals surface area contributed by atoms with Crippen molar-refractivity contribution in [2.45, 2.75) is 26.3 Å². The van der Waals surface area contributed by atoms with Gasteiger partial charge >= 0.3 is 5.97 Å². The van der Waals surface area contributed by atoms with Crippen LogP contribution in [-0.4, -0.2) is 21.4 Å². The number of hydrogen-bond acceptors (Lipinski definition) is 3. The molecule has 1 heterocycles. The Morgan fingerprint density at radius 3 is 2.28 bits per heavy atom. The highest BCUT2D eigenvalue weighted by molar-refractivity contribution is 6.05. The maximum Gasteiger partial charge on any atom is 0.311 e. The number of benzene rings is 2. The normalized spacial score (nSPS) is 11.4. The van der Waals surface area contributed by atoms with E-state index in [2.05, 4.69) is 0 Å². The number of rotatable bonds is 6. The maximum absolute atomic E-state index is 13.5. The number of aromatic nitrogens is 1. The number of allylic oxidation sites excluding steroid dienone is 1. The molecule has 0 saturated heterocycles. The molecule has 1 aromatic heterocycles. The number of carboxylic acids is 1. The van der Waals surface area contributed by atoms with Crippen molar-refractivity contribution in [3.8, 4) is 11.3 Å². The zero-order chi connectivity index (χ0) is 21.1. The number of carbonyl (C=O) groups excluding carboxylic acids is 1. The van der Waals surface area contributed by atoms with Crippen LogP contribution in [0.4, 0.5) is 4.39 Å². The summed E-state index contributed by atoms with van der Waals surface area (Å²) in [4.78, 5) is 35.9. The van der Waals surface area contributed by atoms with Gasteiger partial charge in [0.25, 0.3) is 5.56 Å². The Bertz CT molecular complexity index is 1170. The fraction of sp³-hybridized carbons (Fsp3) is 0.174. The lowest BCUT2D eigenvalue weighted by Gasteiger charge is -2.21. The van der Waals surface area contributed by atoms with Crippen molar-refractivity contribution in [2.24, 2.45) is 0 Å². The van der Waals surface area contributed by atoms with Crippen molar-refractivity contribution in [3.05, 3.63) is 76.3 Å². The summed E-state index contributed by atoms with van der Waals surface area (Å²) in [7, 11) is 0. The zero-order valence-corrected chi connectivity index (χ0v) is 16.1. The molecule has 1 N–H and O–H groups in total. The average Bonchev–Trinajstić information content (AvgIpc) is 2.67. The van der Waals surface area contributed by atoms with Gasteiger partial charge in [0, 0.05) is 17.0 Å². The van der Waals surface area contributed by atoms with Crippen LogP contribution >= 0.6 is 0 Å². The Hall–Kier alpha value is -3.54. The van der Waals surface area contributed by atoms with Gasteiger partial charge in [0.1, 0.15) is 12.2 Å². The van der Waals surface area contributed by atoms with Crippen LogP contribution in [0.25, 0.3) is 28.1 Å². The summed E-state index contributed by atoms with van der Waals surface area (Å²) in [6.45, 7) is 3.73. The Morgan fingerprint density at radius 1 is 1.07 bits per heavy atom. The van der Waals surface area contributed by atoms with Crippen molar-refractivity contribution in [1.82, 2.24) is 4.57 Å². The summed E-state index contributed by atoms with van der Waals surface area (Å²) in [5, 5.41) is 9.95. The lowest BCUT2D eigenvalue weighted by molar-refractivity contribution is -0.139. The Labute approximate surface area is 166 Å². The third kappa shape index (κ3) is 4.16. The van der Waals surface area contributed by atoms with Crippen molar-refractivity contribution < 1.29 is 19.1 Å². The van der Waals surface area contributed by atoms with Crippen molar-refractivity contribution in [1.29, 1.82) is 0 Å². The highest BCUT2D eigenvalue weighted by Crippen LogP contribution is 2.31. The van der Waals surface area contributed by atoms with Crippen LogP contribution in [0.2, 0.25) is 0 Å². The van der Waals surface area contributed by atoms with E-state index in [0.717, 1.165) is 0 Å². The number of pyridine rings is 1. The van der Waals surface area contributed by atoms with Crippen LogP contribution in [0, 0.1) is 5.82 Å². The summed E-state index contributed by atoms with van der Waals surface area (Å²) in [5.74, 6) is -2.17. The highest BCUT2D eigenvalue weighted by atomic mass is 19.1. The lowest BCUT2D eigenvalue weighted by atomic mass is 9.97. The number of hydrogen-bond donors (Lipinski definition) is 1. The summed E-state index contributed by atoms with van der Waals surface area (Å²) >= 11 is 0. The van der Waals surface area contributed by atoms with E-state index < -0.39 is 24.0 Å². The molecule has 0 saturated carbocycles. The molecular formula is C23H20FNO4. The molecule has 0 amide bonds. The number of halogens is 1. The molecule has 148 valence electrons. The molecule has 0 unspecified atom stereocenters. The number of carbonyl (C=O) groups is 2. The number of ketones is 1. The second kappa shape index (κ2) is 8.22. The minimum absolute atomic E-state index is 0.191. The van der Waals surface area contributed by atoms with Crippen LogP contribution in [0.1, 0.15) is 31.9 Å². The molecule has 0 fully saturated rings. The minimum Gasteiger partial charge on any atom is -0.481 e. The Kier molecular flexibility index (Phi) is 5.73. The molecule has 2 aromatic carbocycles. The molecule has 6 heteroatoms. The van der Waals surface area contributed by atoms with E-state index in [0.29, 0.717) is 27.6 Å². The van der Waals surface area contributed by atoms with E-state index >= 15 is 0 Å². The monoisotopic (exact) mass is 393 g/mol. The largest absolute Gasteiger partial charge is 0.481 e. The van der Waals surface area contributed by atoms with Crippen LogP contribution < -0.4 is 5.56 Å². The summed E-state index contributed by atoms with van der Waals surface area (Å²) < 4.78 is 15.1. The van der Waals surface area contributed by atoms with E-state index in [9.17, 15) is 18.8 Å². The number of aliphatic carboxylic acids is 1. The van der Waals surface area contributed by atoms with Gasteiger partial charge in [-0.25, -0.2) is 4.39 Å². The smallest absolute Gasteiger partial charge is 0.311 e. The second-order valence-electron chi connectivity index (χ2n) is 6.95. The van der Waals surface area contributed by atoms with Gasteiger partial charge in [0.2, 0.25) is 0 Å². The van der Waals surface area contributed by atoms with Gasteiger partial charge in [-0.15, -0.1) is 0 Å². The van der Waals surface area contributed by atoms with Gasteiger partial charge < -0.3 is 9.67 Å². The SMILES string of the molecule is CC(C)n1c(-c2ccc(F)cc2)c(/C=C/C(=O)CC(=O)O)c2ccccc2c1=O. The van der Waals surface area contributed by atoms with Crippen molar-refractivity contribution in [3.63, 3.8) is 0 Å².